The average Bonchev–Trinajstić information content (AvgIpc) is 2.69. The van der Waals surface area contributed by atoms with E-state index in [4.69, 9.17) is 4.74 Å². The predicted molar refractivity (Wildman–Crippen MR) is 111 cm³/mol. The predicted octanol–water partition coefficient (Wildman–Crippen LogP) is 0.396. The lowest BCUT2D eigenvalue weighted by Gasteiger charge is -2.33. The van der Waals surface area contributed by atoms with Crippen LogP contribution in [0.3, 0.4) is 0 Å². The van der Waals surface area contributed by atoms with Crippen molar-refractivity contribution in [1.82, 2.24) is 14.5 Å². The summed E-state index contributed by atoms with van der Waals surface area (Å²) in [6.45, 7) is 5.89. The zero-order valence-corrected chi connectivity index (χ0v) is 18.6. The molecule has 2 rings (SSSR count). The van der Waals surface area contributed by atoms with Gasteiger partial charge < -0.3 is 15.0 Å². The van der Waals surface area contributed by atoms with Crippen molar-refractivity contribution in [2.75, 3.05) is 39.0 Å². The normalized spacial score (nSPS) is 16.2. The molecule has 0 saturated carbocycles. The quantitative estimate of drug-likeness (QED) is 0.615. The number of amides is 2. The van der Waals surface area contributed by atoms with Crippen molar-refractivity contribution < 1.29 is 27.5 Å². The molecule has 1 atom stereocenters. The fourth-order valence-corrected chi connectivity index (χ4v) is 3.84. The maximum Gasteiger partial charge on any atom is 0.329 e. The molecule has 10 heteroatoms. The topological polar surface area (TPSA) is 113 Å². The molecule has 0 aromatic heterocycles. The van der Waals surface area contributed by atoms with Crippen LogP contribution in [0.2, 0.25) is 0 Å². The molecule has 0 bridgehead atoms. The minimum absolute atomic E-state index is 0.208. The Bertz CT molecular complexity index is 874. The van der Waals surface area contributed by atoms with Crippen LogP contribution in [0.4, 0.5) is 0 Å². The zero-order valence-electron chi connectivity index (χ0n) is 17.8. The van der Waals surface area contributed by atoms with Crippen molar-refractivity contribution >= 4 is 27.8 Å². The molecular formula is C20H29N3O6S. The SMILES string of the molecule is Cc1ccc(C(=O)N[C@H](C(=O)OCC(=O)N2CCN(S(C)(=O)=O)CC2)C(C)C)cc1. The molecule has 1 heterocycles. The van der Waals surface area contributed by atoms with Crippen LogP contribution in [0.5, 0.6) is 0 Å². The van der Waals surface area contributed by atoms with Crippen LogP contribution in [0, 0.1) is 12.8 Å². The third-order valence-electron chi connectivity index (χ3n) is 4.92. The molecule has 1 fully saturated rings. The van der Waals surface area contributed by atoms with E-state index >= 15 is 0 Å². The van der Waals surface area contributed by atoms with E-state index < -0.39 is 40.5 Å². The Morgan fingerprint density at radius 1 is 1.07 bits per heavy atom. The number of piperazine rings is 1. The van der Waals surface area contributed by atoms with E-state index in [2.05, 4.69) is 5.32 Å². The highest BCUT2D eigenvalue weighted by molar-refractivity contribution is 7.88. The lowest BCUT2D eigenvalue weighted by Crippen LogP contribution is -2.51. The first-order valence-corrected chi connectivity index (χ1v) is 11.6. The molecule has 0 unspecified atom stereocenters. The highest BCUT2D eigenvalue weighted by Gasteiger charge is 2.29. The minimum Gasteiger partial charge on any atom is -0.454 e. The Kier molecular flexibility index (Phi) is 7.96. The minimum atomic E-state index is -3.29. The highest BCUT2D eigenvalue weighted by atomic mass is 32.2. The number of hydrogen-bond acceptors (Lipinski definition) is 6. The number of nitrogens with one attached hydrogen (secondary N) is 1. The third kappa shape index (κ3) is 6.53. The van der Waals surface area contributed by atoms with Gasteiger partial charge in [-0.15, -0.1) is 0 Å². The molecular weight excluding hydrogens is 410 g/mol. The van der Waals surface area contributed by atoms with Gasteiger partial charge in [-0.3, -0.25) is 9.59 Å². The summed E-state index contributed by atoms with van der Waals surface area (Å²) >= 11 is 0. The number of aryl methyl sites for hydroxylation is 1. The first-order chi connectivity index (χ1) is 14.0. The summed E-state index contributed by atoms with van der Waals surface area (Å²) in [5, 5.41) is 2.67. The second kappa shape index (κ2) is 10.0. The average molecular weight is 440 g/mol. The van der Waals surface area contributed by atoms with Gasteiger partial charge in [0.25, 0.3) is 11.8 Å². The van der Waals surface area contributed by atoms with Gasteiger partial charge in [-0.05, 0) is 25.0 Å². The van der Waals surface area contributed by atoms with Crippen LogP contribution < -0.4 is 5.32 Å². The van der Waals surface area contributed by atoms with E-state index in [1.54, 1.807) is 38.1 Å². The smallest absolute Gasteiger partial charge is 0.329 e. The standard InChI is InChI=1S/C20H29N3O6S/c1-14(2)18(21-19(25)16-7-5-15(3)6-8-16)20(26)29-13-17(24)22-9-11-23(12-10-22)30(4,27)28/h5-8,14,18H,9-13H2,1-4H3,(H,21,25)/t18-/m0/s1. The van der Waals surface area contributed by atoms with Crippen LogP contribution >= 0.6 is 0 Å². The molecule has 1 aliphatic rings. The Balaban J connectivity index is 1.88. The summed E-state index contributed by atoms with van der Waals surface area (Å²) in [6.07, 6.45) is 1.13. The van der Waals surface area contributed by atoms with Gasteiger partial charge in [0.05, 0.1) is 6.26 Å². The van der Waals surface area contributed by atoms with E-state index in [9.17, 15) is 22.8 Å². The molecule has 2 amide bonds. The molecule has 1 aromatic rings. The van der Waals surface area contributed by atoms with Crippen molar-refractivity contribution in [2.45, 2.75) is 26.8 Å². The van der Waals surface area contributed by atoms with E-state index in [1.165, 1.54) is 9.21 Å². The number of rotatable bonds is 7. The molecule has 30 heavy (non-hydrogen) atoms. The number of carbonyl (C=O) groups excluding carboxylic acids is 3. The number of ether oxygens (including phenoxy) is 1. The number of nitrogens with zero attached hydrogens (tertiary/aromatic N) is 2. The fraction of sp³-hybridized carbons (Fsp3) is 0.550. The number of sulfonamides is 1. The van der Waals surface area contributed by atoms with E-state index in [0.29, 0.717) is 5.56 Å². The second-order valence-corrected chi connectivity index (χ2v) is 9.69. The van der Waals surface area contributed by atoms with Crippen LogP contribution in [0.25, 0.3) is 0 Å². The number of esters is 1. The van der Waals surface area contributed by atoms with E-state index in [1.807, 2.05) is 6.92 Å². The molecule has 9 nitrogen and oxygen atoms in total. The summed E-state index contributed by atoms with van der Waals surface area (Å²) in [5.41, 5.74) is 1.45. The Morgan fingerprint density at radius 2 is 1.63 bits per heavy atom. The first-order valence-electron chi connectivity index (χ1n) is 9.76. The molecule has 1 saturated heterocycles. The lowest BCUT2D eigenvalue weighted by molar-refractivity contribution is -0.154. The third-order valence-corrected chi connectivity index (χ3v) is 6.22. The first kappa shape index (κ1) is 23.8. The molecule has 1 N–H and O–H groups in total. The second-order valence-electron chi connectivity index (χ2n) is 7.71. The Morgan fingerprint density at radius 3 is 2.13 bits per heavy atom. The van der Waals surface area contributed by atoms with Crippen molar-refractivity contribution in [3.05, 3.63) is 35.4 Å². The van der Waals surface area contributed by atoms with Crippen LogP contribution in [-0.2, 0) is 24.3 Å². The zero-order chi connectivity index (χ0) is 22.5. The van der Waals surface area contributed by atoms with Gasteiger partial charge in [0.2, 0.25) is 10.0 Å². The van der Waals surface area contributed by atoms with Crippen molar-refractivity contribution in [3.8, 4) is 0 Å². The number of benzene rings is 1. The molecule has 0 spiro atoms. The van der Waals surface area contributed by atoms with E-state index in [0.717, 1.165) is 11.8 Å². The van der Waals surface area contributed by atoms with Gasteiger partial charge >= 0.3 is 5.97 Å². The monoisotopic (exact) mass is 439 g/mol. The summed E-state index contributed by atoms with van der Waals surface area (Å²) in [7, 11) is -3.29. The van der Waals surface area contributed by atoms with Gasteiger partial charge in [0.1, 0.15) is 6.04 Å². The molecule has 1 aromatic carbocycles. The van der Waals surface area contributed by atoms with Gasteiger partial charge in [0, 0.05) is 31.7 Å². The molecule has 1 aliphatic heterocycles. The maximum absolute atomic E-state index is 12.5. The molecule has 166 valence electrons. The largest absolute Gasteiger partial charge is 0.454 e. The summed E-state index contributed by atoms with van der Waals surface area (Å²) < 4.78 is 29.5. The molecule has 0 aliphatic carbocycles. The number of hydrogen-bond donors (Lipinski definition) is 1. The fourth-order valence-electron chi connectivity index (χ4n) is 3.01. The van der Waals surface area contributed by atoms with Crippen molar-refractivity contribution in [1.29, 1.82) is 0 Å². The summed E-state index contributed by atoms with van der Waals surface area (Å²) in [6, 6.07) is 6.06. The van der Waals surface area contributed by atoms with Crippen LogP contribution in [0.15, 0.2) is 24.3 Å². The van der Waals surface area contributed by atoms with Crippen LogP contribution in [-0.4, -0.2) is 80.5 Å². The summed E-state index contributed by atoms with van der Waals surface area (Å²) in [4.78, 5) is 38.7. The van der Waals surface area contributed by atoms with Crippen molar-refractivity contribution in [3.63, 3.8) is 0 Å². The van der Waals surface area contributed by atoms with E-state index in [-0.39, 0.29) is 32.1 Å². The Hall–Kier alpha value is -2.46. The van der Waals surface area contributed by atoms with Gasteiger partial charge in [-0.25, -0.2) is 13.2 Å². The van der Waals surface area contributed by atoms with Gasteiger partial charge in [0.15, 0.2) is 6.61 Å². The van der Waals surface area contributed by atoms with Crippen LogP contribution in [0.1, 0.15) is 29.8 Å². The Labute approximate surface area is 177 Å². The van der Waals surface area contributed by atoms with Gasteiger partial charge in [-0.2, -0.15) is 4.31 Å². The van der Waals surface area contributed by atoms with Gasteiger partial charge in [-0.1, -0.05) is 31.5 Å². The highest BCUT2D eigenvalue weighted by Crippen LogP contribution is 2.10. The molecule has 0 radical (unpaired) electrons. The maximum atomic E-state index is 12.5. The number of carbonyl (C=O) groups is 3. The summed E-state index contributed by atoms with van der Waals surface area (Å²) in [5.74, 6) is -1.72. The van der Waals surface area contributed by atoms with Crippen molar-refractivity contribution in [2.24, 2.45) is 5.92 Å². The lowest BCUT2D eigenvalue weighted by atomic mass is 10.0.